The van der Waals surface area contributed by atoms with Crippen molar-refractivity contribution in [3.63, 3.8) is 0 Å². The lowest BCUT2D eigenvalue weighted by Crippen LogP contribution is -2.42. The molecule has 0 bridgehead atoms. The van der Waals surface area contributed by atoms with E-state index in [9.17, 15) is 18.0 Å². The van der Waals surface area contributed by atoms with Gasteiger partial charge in [-0.3, -0.25) is 9.59 Å². The molecule has 1 aliphatic carbocycles. The van der Waals surface area contributed by atoms with Gasteiger partial charge in [0.1, 0.15) is 5.75 Å². The highest BCUT2D eigenvalue weighted by atomic mass is 32.2. The Morgan fingerprint density at radius 2 is 1.80 bits per heavy atom. The summed E-state index contributed by atoms with van der Waals surface area (Å²) < 4.78 is 23.7. The number of carbonyl (C=O) groups excluding carboxylic acids is 1. The van der Waals surface area contributed by atoms with Gasteiger partial charge in [-0.15, -0.1) is 0 Å². The molecule has 0 aromatic heterocycles. The molecule has 0 aliphatic heterocycles. The number of sulfone groups is 1. The molecule has 0 saturated heterocycles. The normalized spacial score (nSPS) is 17.0. The van der Waals surface area contributed by atoms with Crippen molar-refractivity contribution in [2.24, 2.45) is 11.8 Å². The second-order valence-corrected chi connectivity index (χ2v) is 8.07. The van der Waals surface area contributed by atoms with Crippen molar-refractivity contribution < 1.29 is 23.1 Å². The quantitative estimate of drug-likeness (QED) is 0.715. The summed E-state index contributed by atoms with van der Waals surface area (Å²) in [6.07, 6.45) is 1.64. The van der Waals surface area contributed by atoms with E-state index in [4.69, 9.17) is 5.11 Å². The van der Waals surface area contributed by atoms with Crippen LogP contribution < -0.4 is 0 Å². The molecule has 0 radical (unpaired) electrons. The number of amides is 1. The van der Waals surface area contributed by atoms with Crippen molar-refractivity contribution >= 4 is 21.7 Å². The Morgan fingerprint density at radius 1 is 1.25 bits per heavy atom. The summed E-state index contributed by atoms with van der Waals surface area (Å²) in [6, 6.07) is 0.0125. The van der Waals surface area contributed by atoms with E-state index >= 15 is 0 Å². The molecule has 1 fully saturated rings. The maximum atomic E-state index is 12.1. The van der Waals surface area contributed by atoms with E-state index in [1.807, 2.05) is 0 Å². The van der Waals surface area contributed by atoms with Gasteiger partial charge in [0.25, 0.3) is 0 Å². The number of nitrogens with zero attached hydrogens (tertiary/aromatic N) is 1. The van der Waals surface area contributed by atoms with Crippen LogP contribution in [0.15, 0.2) is 0 Å². The number of carbonyl (C=O) groups is 2. The molecule has 1 N–H and O–H groups in total. The van der Waals surface area contributed by atoms with Crippen LogP contribution in [0.3, 0.4) is 0 Å². The Balaban J connectivity index is 2.68. The molecule has 0 spiro atoms. The van der Waals surface area contributed by atoms with Gasteiger partial charge in [-0.05, 0) is 18.8 Å². The minimum atomic E-state index is -3.43. The topological polar surface area (TPSA) is 91.8 Å². The largest absolute Gasteiger partial charge is 0.481 e. The maximum absolute atomic E-state index is 12.1. The zero-order valence-corrected chi connectivity index (χ0v) is 13.0. The molecule has 1 rings (SSSR count). The van der Waals surface area contributed by atoms with Gasteiger partial charge in [-0.2, -0.15) is 0 Å². The number of carboxylic acid groups (broad SMARTS) is 1. The molecule has 1 saturated carbocycles. The van der Waals surface area contributed by atoms with Crippen LogP contribution >= 0.6 is 0 Å². The summed E-state index contributed by atoms with van der Waals surface area (Å²) in [7, 11) is -3.43. The molecule has 1 amide bonds. The van der Waals surface area contributed by atoms with Crippen LogP contribution in [0.25, 0.3) is 0 Å². The van der Waals surface area contributed by atoms with Crippen molar-refractivity contribution in [2.45, 2.75) is 39.7 Å². The lowest BCUT2D eigenvalue weighted by Gasteiger charge is -2.24. The van der Waals surface area contributed by atoms with Crippen molar-refractivity contribution in [1.82, 2.24) is 4.90 Å². The number of aliphatic carboxylic acids is 1. The van der Waals surface area contributed by atoms with Crippen molar-refractivity contribution in [1.29, 1.82) is 0 Å². The van der Waals surface area contributed by atoms with Crippen molar-refractivity contribution in [2.75, 3.05) is 18.1 Å². The van der Waals surface area contributed by atoms with Crippen molar-refractivity contribution in [3.05, 3.63) is 0 Å². The minimum Gasteiger partial charge on any atom is -0.481 e. The third-order valence-electron chi connectivity index (χ3n) is 3.13. The summed E-state index contributed by atoms with van der Waals surface area (Å²) >= 11 is 0. The van der Waals surface area contributed by atoms with Crippen LogP contribution in [0, 0.1) is 11.8 Å². The highest BCUT2D eigenvalue weighted by Crippen LogP contribution is 2.28. The molecule has 1 unspecified atom stereocenters. The molecule has 0 aromatic rings. The molecule has 1 aliphatic rings. The Kier molecular flexibility index (Phi) is 5.56. The van der Waals surface area contributed by atoms with E-state index < -0.39 is 33.4 Å². The average molecular weight is 305 g/mol. The third kappa shape index (κ3) is 5.48. The van der Waals surface area contributed by atoms with Crippen LogP contribution in [-0.4, -0.2) is 54.4 Å². The molecule has 0 aromatic carbocycles. The summed E-state index contributed by atoms with van der Waals surface area (Å²) in [4.78, 5) is 24.4. The van der Waals surface area contributed by atoms with E-state index in [0.717, 1.165) is 12.8 Å². The van der Waals surface area contributed by atoms with E-state index in [1.54, 1.807) is 13.8 Å². The molecule has 1 atom stereocenters. The predicted octanol–water partition coefficient (Wildman–Crippen LogP) is 0.769. The zero-order chi connectivity index (χ0) is 15.5. The lowest BCUT2D eigenvalue weighted by molar-refractivity contribution is -0.142. The van der Waals surface area contributed by atoms with Gasteiger partial charge in [0, 0.05) is 12.6 Å². The number of hydrogen-bond acceptors (Lipinski definition) is 4. The first-order valence-corrected chi connectivity index (χ1v) is 8.67. The van der Waals surface area contributed by atoms with Gasteiger partial charge in [-0.25, -0.2) is 8.42 Å². The summed E-state index contributed by atoms with van der Waals surface area (Å²) in [5.74, 6) is -2.71. The average Bonchev–Trinajstić information content (AvgIpc) is 3.05. The van der Waals surface area contributed by atoms with E-state index in [1.165, 1.54) is 11.8 Å². The Morgan fingerprint density at radius 3 is 2.20 bits per heavy atom. The number of rotatable bonds is 8. The number of hydrogen-bond donors (Lipinski definition) is 1. The number of carboxylic acids is 1. The van der Waals surface area contributed by atoms with E-state index in [-0.39, 0.29) is 24.3 Å². The minimum absolute atomic E-state index is 0.0125. The van der Waals surface area contributed by atoms with Crippen LogP contribution in [-0.2, 0) is 19.4 Å². The van der Waals surface area contributed by atoms with Gasteiger partial charge < -0.3 is 10.0 Å². The van der Waals surface area contributed by atoms with Gasteiger partial charge in [0.15, 0.2) is 9.84 Å². The zero-order valence-electron chi connectivity index (χ0n) is 12.2. The first-order valence-electron chi connectivity index (χ1n) is 6.85. The first-order chi connectivity index (χ1) is 9.12. The Bertz CT molecular complexity index is 467. The van der Waals surface area contributed by atoms with Crippen molar-refractivity contribution in [3.8, 4) is 0 Å². The molecular formula is C13H23NO5S. The highest BCUT2D eigenvalue weighted by Gasteiger charge is 2.36. The lowest BCUT2D eigenvalue weighted by atomic mass is 10.1. The van der Waals surface area contributed by atoms with E-state index in [2.05, 4.69) is 0 Å². The molecule has 20 heavy (non-hydrogen) atoms. The molecular weight excluding hydrogens is 282 g/mol. The Labute approximate surface area is 120 Å². The van der Waals surface area contributed by atoms with Crippen LogP contribution in [0.1, 0.15) is 33.6 Å². The SMILES string of the molecule is CC(C)CS(=O)(=O)CC(=O)N(CC(C)C(=O)O)C1CC1. The molecule has 0 heterocycles. The first kappa shape index (κ1) is 16.9. The molecule has 6 nitrogen and oxygen atoms in total. The van der Waals surface area contributed by atoms with Crippen LogP contribution in [0.5, 0.6) is 0 Å². The highest BCUT2D eigenvalue weighted by molar-refractivity contribution is 7.92. The summed E-state index contributed by atoms with van der Waals surface area (Å²) in [5, 5.41) is 8.91. The fourth-order valence-corrected chi connectivity index (χ4v) is 3.73. The fourth-order valence-electron chi connectivity index (χ4n) is 2.05. The van der Waals surface area contributed by atoms with Gasteiger partial charge in [0.05, 0.1) is 11.7 Å². The van der Waals surface area contributed by atoms with Crippen LogP contribution in [0.4, 0.5) is 0 Å². The molecule has 116 valence electrons. The van der Waals surface area contributed by atoms with Gasteiger partial charge in [0.2, 0.25) is 5.91 Å². The maximum Gasteiger partial charge on any atom is 0.308 e. The molecule has 7 heteroatoms. The smallest absolute Gasteiger partial charge is 0.308 e. The summed E-state index contributed by atoms with van der Waals surface area (Å²) in [6.45, 7) is 5.17. The standard InChI is InChI=1S/C13H23NO5S/c1-9(2)7-20(18,19)8-12(15)14(11-4-5-11)6-10(3)13(16)17/h9-11H,4-8H2,1-3H3,(H,16,17). The predicted molar refractivity (Wildman–Crippen MR) is 75.0 cm³/mol. The van der Waals surface area contributed by atoms with Gasteiger partial charge >= 0.3 is 5.97 Å². The third-order valence-corrected chi connectivity index (χ3v) is 4.99. The second-order valence-electron chi connectivity index (χ2n) is 5.96. The fraction of sp³-hybridized carbons (Fsp3) is 0.846. The van der Waals surface area contributed by atoms with Crippen LogP contribution in [0.2, 0.25) is 0 Å². The monoisotopic (exact) mass is 305 g/mol. The van der Waals surface area contributed by atoms with E-state index in [0.29, 0.717) is 0 Å². The summed E-state index contributed by atoms with van der Waals surface area (Å²) in [5.41, 5.74) is 0. The second kappa shape index (κ2) is 6.56. The van der Waals surface area contributed by atoms with Gasteiger partial charge in [-0.1, -0.05) is 20.8 Å². The Hall–Kier alpha value is -1.11.